The van der Waals surface area contributed by atoms with Crippen molar-refractivity contribution in [1.29, 1.82) is 0 Å². The van der Waals surface area contributed by atoms with Gasteiger partial charge in [-0.15, -0.1) is 0 Å². The highest BCUT2D eigenvalue weighted by Crippen LogP contribution is 2.17. The third-order valence-electron chi connectivity index (χ3n) is 4.51. The second-order valence-corrected chi connectivity index (χ2v) is 6.84. The predicted octanol–water partition coefficient (Wildman–Crippen LogP) is 3.70. The minimum Gasteiger partial charge on any atom is -0.355 e. The van der Waals surface area contributed by atoms with E-state index in [0.717, 1.165) is 12.0 Å². The molecule has 2 heterocycles. The van der Waals surface area contributed by atoms with E-state index in [9.17, 15) is 4.79 Å². The second kappa shape index (κ2) is 7.78. The summed E-state index contributed by atoms with van der Waals surface area (Å²) < 4.78 is 1.52. The van der Waals surface area contributed by atoms with Gasteiger partial charge in [-0.25, -0.2) is 15.0 Å². The molecule has 0 amide bonds. The number of fused-ring (bicyclic) bond motifs is 1. The summed E-state index contributed by atoms with van der Waals surface area (Å²) in [5.41, 5.74) is 2.63. The number of halogens is 1. The van der Waals surface area contributed by atoms with Gasteiger partial charge in [0.15, 0.2) is 5.82 Å². The zero-order valence-corrected chi connectivity index (χ0v) is 16.0. The van der Waals surface area contributed by atoms with E-state index in [-0.39, 0.29) is 5.56 Å². The van der Waals surface area contributed by atoms with Gasteiger partial charge in [-0.2, -0.15) is 0 Å². The number of aromatic nitrogens is 4. The molecular weight excluding hydrogens is 374 g/mol. The molecule has 0 saturated heterocycles. The van der Waals surface area contributed by atoms with E-state index >= 15 is 0 Å². The molecule has 0 saturated carbocycles. The summed E-state index contributed by atoms with van der Waals surface area (Å²) in [6, 6.07) is 15.0. The Labute approximate surface area is 166 Å². The van der Waals surface area contributed by atoms with Gasteiger partial charge < -0.3 is 5.32 Å². The number of anilines is 1. The molecule has 7 heteroatoms. The fraction of sp³-hybridized carbons (Fsp3) is 0.143. The quantitative estimate of drug-likeness (QED) is 0.561. The molecule has 0 atom stereocenters. The Balaban J connectivity index is 1.46. The first-order chi connectivity index (χ1) is 13.6. The third kappa shape index (κ3) is 3.73. The van der Waals surface area contributed by atoms with E-state index in [1.807, 2.05) is 12.1 Å². The van der Waals surface area contributed by atoms with Gasteiger partial charge >= 0.3 is 0 Å². The van der Waals surface area contributed by atoms with E-state index < -0.39 is 0 Å². The van der Waals surface area contributed by atoms with E-state index in [1.54, 1.807) is 43.7 Å². The number of nitrogens with one attached hydrogen (secondary N) is 1. The lowest BCUT2D eigenvalue weighted by atomic mass is 10.1. The lowest BCUT2D eigenvalue weighted by Gasteiger charge is -2.11. The van der Waals surface area contributed by atoms with Gasteiger partial charge in [0, 0.05) is 36.6 Å². The molecule has 2 aromatic carbocycles. The average Bonchev–Trinajstić information content (AvgIpc) is 2.72. The van der Waals surface area contributed by atoms with Crippen molar-refractivity contribution >= 4 is 28.5 Å². The monoisotopic (exact) mass is 391 g/mol. The highest BCUT2D eigenvalue weighted by molar-refractivity contribution is 6.31. The van der Waals surface area contributed by atoms with Crippen molar-refractivity contribution in [2.75, 3.05) is 11.9 Å². The van der Waals surface area contributed by atoms with Crippen molar-refractivity contribution in [3.05, 3.63) is 81.9 Å². The maximum atomic E-state index is 12.5. The first-order valence-electron chi connectivity index (χ1n) is 8.88. The molecule has 0 aliphatic carbocycles. The highest BCUT2D eigenvalue weighted by atomic mass is 35.5. The summed E-state index contributed by atoms with van der Waals surface area (Å²) in [5, 5.41) is 4.35. The Kier molecular flexibility index (Phi) is 5.04. The van der Waals surface area contributed by atoms with E-state index in [2.05, 4.69) is 32.4 Å². The minimum absolute atomic E-state index is 0.101. The van der Waals surface area contributed by atoms with Crippen LogP contribution in [-0.4, -0.2) is 26.1 Å². The molecule has 28 heavy (non-hydrogen) atoms. The van der Waals surface area contributed by atoms with Crippen LogP contribution in [-0.2, 0) is 13.5 Å². The smallest absolute Gasteiger partial charge is 0.262 e. The zero-order valence-electron chi connectivity index (χ0n) is 15.3. The van der Waals surface area contributed by atoms with Gasteiger partial charge in [0.25, 0.3) is 5.56 Å². The maximum absolute atomic E-state index is 12.5. The van der Waals surface area contributed by atoms with E-state index in [1.165, 1.54) is 10.1 Å². The van der Waals surface area contributed by atoms with Crippen LogP contribution >= 0.6 is 11.6 Å². The van der Waals surface area contributed by atoms with Crippen LogP contribution in [0, 0.1) is 0 Å². The summed E-state index contributed by atoms with van der Waals surface area (Å²) >= 11 is 6.03. The number of nitrogens with zero attached hydrogens (tertiary/aromatic N) is 4. The molecule has 4 rings (SSSR count). The summed E-state index contributed by atoms with van der Waals surface area (Å²) in [6.07, 6.45) is 4.25. The summed E-state index contributed by atoms with van der Waals surface area (Å²) in [7, 11) is 1.71. The summed E-state index contributed by atoms with van der Waals surface area (Å²) in [6.45, 7) is 0.646. The lowest BCUT2D eigenvalue weighted by molar-refractivity contribution is 0.833. The number of rotatable bonds is 5. The van der Waals surface area contributed by atoms with E-state index in [4.69, 9.17) is 11.6 Å². The lowest BCUT2D eigenvalue weighted by Crippen LogP contribution is -2.23. The third-order valence-corrected chi connectivity index (χ3v) is 4.75. The Morgan fingerprint density at radius 3 is 2.57 bits per heavy atom. The van der Waals surface area contributed by atoms with Gasteiger partial charge in [0.05, 0.1) is 10.9 Å². The first-order valence-corrected chi connectivity index (χ1v) is 9.26. The minimum atomic E-state index is -0.101. The van der Waals surface area contributed by atoms with Crippen molar-refractivity contribution < 1.29 is 0 Å². The molecule has 0 aliphatic rings. The Morgan fingerprint density at radius 2 is 1.82 bits per heavy atom. The standard InChI is InChI=1S/C21H18ClN5O/c1-27-20(28)17-8-7-16(22)13-18(17)26-21(27)25-12-9-14-3-5-15(6-4-14)19-23-10-2-11-24-19/h2-8,10-11,13H,9,12H2,1H3,(H,25,26). The fourth-order valence-corrected chi connectivity index (χ4v) is 3.16. The molecule has 0 spiro atoms. The van der Waals surface area contributed by atoms with Crippen molar-refractivity contribution in [3.8, 4) is 11.4 Å². The molecule has 0 bridgehead atoms. The number of benzene rings is 2. The first kappa shape index (κ1) is 18.1. The predicted molar refractivity (Wildman–Crippen MR) is 112 cm³/mol. The average molecular weight is 392 g/mol. The van der Waals surface area contributed by atoms with Gasteiger partial charge in [0.1, 0.15) is 0 Å². The van der Waals surface area contributed by atoms with Gasteiger partial charge in [0.2, 0.25) is 5.95 Å². The van der Waals surface area contributed by atoms with Crippen molar-refractivity contribution in [3.63, 3.8) is 0 Å². The highest BCUT2D eigenvalue weighted by Gasteiger charge is 2.08. The number of hydrogen-bond donors (Lipinski definition) is 1. The van der Waals surface area contributed by atoms with Crippen LogP contribution in [0.5, 0.6) is 0 Å². The maximum Gasteiger partial charge on any atom is 0.262 e. The van der Waals surface area contributed by atoms with Crippen LogP contribution in [0.4, 0.5) is 5.95 Å². The molecule has 4 aromatic rings. The van der Waals surface area contributed by atoms with E-state index in [0.29, 0.717) is 34.2 Å². The Bertz CT molecular complexity index is 1170. The van der Waals surface area contributed by atoms with Crippen LogP contribution in [0.2, 0.25) is 5.02 Å². The SMILES string of the molecule is Cn1c(NCCc2ccc(-c3ncccn3)cc2)nc2cc(Cl)ccc2c1=O. The largest absolute Gasteiger partial charge is 0.355 e. The van der Waals surface area contributed by atoms with Crippen molar-refractivity contribution in [1.82, 2.24) is 19.5 Å². The molecule has 0 fully saturated rings. The van der Waals surface area contributed by atoms with Crippen LogP contribution in [0.1, 0.15) is 5.56 Å². The Morgan fingerprint density at radius 1 is 1.07 bits per heavy atom. The normalized spacial score (nSPS) is 10.9. The summed E-state index contributed by atoms with van der Waals surface area (Å²) in [5.74, 6) is 1.23. The topological polar surface area (TPSA) is 72.7 Å². The molecule has 0 unspecified atom stereocenters. The fourth-order valence-electron chi connectivity index (χ4n) is 2.99. The van der Waals surface area contributed by atoms with Gasteiger partial charge in [-0.3, -0.25) is 9.36 Å². The molecule has 1 N–H and O–H groups in total. The van der Waals surface area contributed by atoms with Crippen molar-refractivity contribution in [2.45, 2.75) is 6.42 Å². The molecular formula is C21H18ClN5O. The van der Waals surface area contributed by atoms with Crippen LogP contribution in [0.25, 0.3) is 22.3 Å². The van der Waals surface area contributed by atoms with Crippen LogP contribution in [0.3, 0.4) is 0 Å². The van der Waals surface area contributed by atoms with Crippen LogP contribution < -0.4 is 10.9 Å². The van der Waals surface area contributed by atoms with Crippen molar-refractivity contribution in [2.24, 2.45) is 7.05 Å². The second-order valence-electron chi connectivity index (χ2n) is 6.41. The Hall–Kier alpha value is -3.25. The molecule has 0 aliphatic heterocycles. The molecule has 140 valence electrons. The van der Waals surface area contributed by atoms with Gasteiger partial charge in [-0.1, -0.05) is 35.9 Å². The molecule has 6 nitrogen and oxygen atoms in total. The summed E-state index contributed by atoms with van der Waals surface area (Å²) in [4.78, 5) is 25.5. The molecule has 0 radical (unpaired) electrons. The molecule has 2 aromatic heterocycles. The van der Waals surface area contributed by atoms with Gasteiger partial charge in [-0.05, 0) is 36.2 Å². The zero-order chi connectivity index (χ0) is 19.5. The van der Waals surface area contributed by atoms with Crippen LogP contribution in [0.15, 0.2) is 65.7 Å². The number of hydrogen-bond acceptors (Lipinski definition) is 5.